The van der Waals surface area contributed by atoms with Crippen LogP contribution in [0.25, 0.3) is 11.0 Å². The van der Waals surface area contributed by atoms with Gasteiger partial charge in [-0.15, -0.1) is 0 Å². The van der Waals surface area contributed by atoms with Crippen molar-refractivity contribution in [2.45, 2.75) is 6.61 Å². The van der Waals surface area contributed by atoms with Crippen LogP contribution in [0.5, 0.6) is 5.75 Å². The fraction of sp³-hybridized carbons (Fsp3) is 0.0455. The molecule has 0 saturated carbocycles. The van der Waals surface area contributed by atoms with Crippen LogP contribution in [0.1, 0.15) is 16.1 Å². The van der Waals surface area contributed by atoms with Crippen LogP contribution in [0.15, 0.2) is 83.3 Å². The van der Waals surface area contributed by atoms with Gasteiger partial charge in [-0.1, -0.05) is 60.1 Å². The van der Waals surface area contributed by atoms with E-state index in [1.54, 1.807) is 24.3 Å². The van der Waals surface area contributed by atoms with Gasteiger partial charge in [-0.3, -0.25) is 4.79 Å². The van der Waals surface area contributed by atoms with Crippen molar-refractivity contribution >= 4 is 34.2 Å². The molecule has 0 unspecified atom stereocenters. The zero-order valence-corrected chi connectivity index (χ0v) is 15.1. The van der Waals surface area contributed by atoms with Crippen LogP contribution in [0.3, 0.4) is 0 Å². The van der Waals surface area contributed by atoms with Crippen molar-refractivity contribution in [1.82, 2.24) is 0 Å². The zero-order valence-electron chi connectivity index (χ0n) is 14.3. The average molecular weight is 378 g/mol. The van der Waals surface area contributed by atoms with E-state index in [9.17, 15) is 4.79 Å². The number of nitrogens with one attached hydrogen (secondary N) is 1. The minimum Gasteiger partial charge on any atom is -0.489 e. The van der Waals surface area contributed by atoms with E-state index in [2.05, 4.69) is 5.32 Å². The van der Waals surface area contributed by atoms with Crippen molar-refractivity contribution in [3.8, 4) is 5.75 Å². The lowest BCUT2D eigenvalue weighted by atomic mass is 10.1. The molecule has 0 aliphatic carbocycles. The maximum atomic E-state index is 12.8. The smallest absolute Gasteiger partial charge is 0.291 e. The standard InChI is InChI=1S/C22H16ClNO3/c23-18-11-5-6-12-19(18)24-22(25)21-17(14-26-15-8-2-1-3-9-15)16-10-4-7-13-20(16)27-21/h1-13H,14H2,(H,24,25). The van der Waals surface area contributed by atoms with E-state index in [1.807, 2.05) is 54.6 Å². The van der Waals surface area contributed by atoms with Gasteiger partial charge in [-0.05, 0) is 30.3 Å². The Labute approximate surface area is 161 Å². The Morgan fingerprint density at radius 2 is 1.63 bits per heavy atom. The van der Waals surface area contributed by atoms with Crippen LogP contribution in [0, 0.1) is 0 Å². The second-order valence-electron chi connectivity index (χ2n) is 5.94. The van der Waals surface area contributed by atoms with Gasteiger partial charge >= 0.3 is 0 Å². The third-order valence-electron chi connectivity index (χ3n) is 4.15. The molecule has 0 bridgehead atoms. The van der Waals surface area contributed by atoms with Crippen LogP contribution < -0.4 is 10.1 Å². The number of para-hydroxylation sites is 3. The van der Waals surface area contributed by atoms with Crippen molar-refractivity contribution < 1.29 is 13.9 Å². The van der Waals surface area contributed by atoms with Crippen molar-refractivity contribution in [3.05, 3.63) is 95.2 Å². The monoisotopic (exact) mass is 377 g/mol. The summed E-state index contributed by atoms with van der Waals surface area (Å²) in [6, 6.07) is 24.0. The predicted molar refractivity (Wildman–Crippen MR) is 106 cm³/mol. The molecule has 0 atom stereocenters. The van der Waals surface area contributed by atoms with Gasteiger partial charge in [0.15, 0.2) is 5.76 Å². The Kier molecular flexibility index (Phi) is 4.81. The number of anilines is 1. The first kappa shape index (κ1) is 17.2. The number of hydrogen-bond acceptors (Lipinski definition) is 3. The second kappa shape index (κ2) is 7.56. The molecular formula is C22H16ClNO3. The molecule has 1 heterocycles. The number of hydrogen-bond donors (Lipinski definition) is 1. The SMILES string of the molecule is O=C(Nc1ccccc1Cl)c1oc2ccccc2c1COc1ccccc1. The van der Waals surface area contributed by atoms with E-state index < -0.39 is 0 Å². The van der Waals surface area contributed by atoms with Crippen LogP contribution in [0.4, 0.5) is 5.69 Å². The maximum absolute atomic E-state index is 12.8. The summed E-state index contributed by atoms with van der Waals surface area (Å²) in [5.74, 6) is 0.568. The number of furan rings is 1. The third-order valence-corrected chi connectivity index (χ3v) is 4.48. The predicted octanol–water partition coefficient (Wildman–Crippen LogP) is 5.92. The molecule has 0 radical (unpaired) electrons. The average Bonchev–Trinajstić information content (AvgIpc) is 3.08. The Morgan fingerprint density at radius 1 is 0.926 bits per heavy atom. The summed E-state index contributed by atoms with van der Waals surface area (Å²) in [5, 5.41) is 4.11. The number of amides is 1. The molecule has 0 fully saturated rings. The molecule has 1 N–H and O–H groups in total. The summed E-state index contributed by atoms with van der Waals surface area (Å²) in [6.45, 7) is 0.215. The first-order valence-electron chi connectivity index (χ1n) is 8.46. The van der Waals surface area contributed by atoms with Gasteiger partial charge in [0.2, 0.25) is 0 Å². The number of ether oxygens (including phenoxy) is 1. The Morgan fingerprint density at radius 3 is 2.44 bits per heavy atom. The Hall–Kier alpha value is -3.24. The third kappa shape index (κ3) is 3.66. The van der Waals surface area contributed by atoms with E-state index in [-0.39, 0.29) is 18.3 Å². The summed E-state index contributed by atoms with van der Waals surface area (Å²) in [5.41, 5.74) is 1.85. The largest absolute Gasteiger partial charge is 0.489 e. The number of rotatable bonds is 5. The van der Waals surface area contributed by atoms with Gasteiger partial charge in [-0.2, -0.15) is 0 Å². The van der Waals surface area contributed by atoms with Gasteiger partial charge in [-0.25, -0.2) is 0 Å². The maximum Gasteiger partial charge on any atom is 0.291 e. The summed E-state index contributed by atoms with van der Waals surface area (Å²) in [4.78, 5) is 12.8. The van der Waals surface area contributed by atoms with Crippen molar-refractivity contribution in [2.24, 2.45) is 0 Å². The van der Waals surface area contributed by atoms with Crippen molar-refractivity contribution in [2.75, 3.05) is 5.32 Å². The molecule has 4 aromatic rings. The lowest BCUT2D eigenvalue weighted by molar-refractivity contribution is 0.0995. The summed E-state index contributed by atoms with van der Waals surface area (Å²) in [6.07, 6.45) is 0. The van der Waals surface area contributed by atoms with Crippen LogP contribution >= 0.6 is 11.6 Å². The molecule has 1 aromatic heterocycles. The van der Waals surface area contributed by atoms with Gasteiger partial charge in [0.25, 0.3) is 5.91 Å². The Balaban J connectivity index is 1.67. The highest BCUT2D eigenvalue weighted by Gasteiger charge is 2.21. The summed E-state index contributed by atoms with van der Waals surface area (Å²) in [7, 11) is 0. The molecule has 0 aliphatic heterocycles. The number of carbonyl (C=O) groups excluding carboxylic acids is 1. The highest BCUT2D eigenvalue weighted by molar-refractivity contribution is 6.33. The molecule has 4 nitrogen and oxygen atoms in total. The normalized spacial score (nSPS) is 10.7. The number of benzene rings is 3. The van der Waals surface area contributed by atoms with E-state index in [0.29, 0.717) is 21.9 Å². The molecule has 0 spiro atoms. The number of carbonyl (C=O) groups is 1. The highest BCUT2D eigenvalue weighted by Crippen LogP contribution is 2.29. The number of fused-ring (bicyclic) bond motifs is 1. The lowest BCUT2D eigenvalue weighted by Crippen LogP contribution is -2.14. The first-order chi connectivity index (χ1) is 13.2. The molecule has 5 heteroatoms. The molecule has 0 saturated heterocycles. The minimum absolute atomic E-state index is 0.215. The molecule has 1 amide bonds. The number of halogens is 1. The van der Waals surface area contributed by atoms with Crippen LogP contribution in [0.2, 0.25) is 5.02 Å². The minimum atomic E-state index is -0.369. The van der Waals surface area contributed by atoms with Gasteiger partial charge in [0.05, 0.1) is 10.7 Å². The van der Waals surface area contributed by atoms with E-state index in [0.717, 1.165) is 11.1 Å². The van der Waals surface area contributed by atoms with E-state index >= 15 is 0 Å². The van der Waals surface area contributed by atoms with Crippen LogP contribution in [-0.4, -0.2) is 5.91 Å². The molecular weight excluding hydrogens is 362 g/mol. The zero-order chi connectivity index (χ0) is 18.6. The van der Waals surface area contributed by atoms with Crippen molar-refractivity contribution in [1.29, 1.82) is 0 Å². The van der Waals surface area contributed by atoms with E-state index in [4.69, 9.17) is 20.8 Å². The first-order valence-corrected chi connectivity index (χ1v) is 8.84. The fourth-order valence-corrected chi connectivity index (χ4v) is 3.02. The highest BCUT2D eigenvalue weighted by atomic mass is 35.5. The summed E-state index contributed by atoms with van der Waals surface area (Å²) >= 11 is 6.15. The topological polar surface area (TPSA) is 51.5 Å². The molecule has 27 heavy (non-hydrogen) atoms. The van der Waals surface area contributed by atoms with E-state index in [1.165, 1.54) is 0 Å². The molecule has 0 aliphatic rings. The Bertz CT molecular complexity index is 1090. The van der Waals surface area contributed by atoms with Gasteiger partial charge in [0, 0.05) is 10.9 Å². The lowest BCUT2D eigenvalue weighted by Gasteiger charge is -2.08. The van der Waals surface area contributed by atoms with Gasteiger partial charge in [0.1, 0.15) is 17.9 Å². The molecule has 4 rings (SSSR count). The van der Waals surface area contributed by atoms with Crippen molar-refractivity contribution in [3.63, 3.8) is 0 Å². The second-order valence-corrected chi connectivity index (χ2v) is 6.35. The molecule has 3 aromatic carbocycles. The summed E-state index contributed by atoms with van der Waals surface area (Å²) < 4.78 is 11.7. The fourth-order valence-electron chi connectivity index (χ4n) is 2.84. The van der Waals surface area contributed by atoms with Gasteiger partial charge < -0.3 is 14.5 Å². The van der Waals surface area contributed by atoms with Crippen LogP contribution in [-0.2, 0) is 6.61 Å². The quantitative estimate of drug-likeness (QED) is 0.469. The molecule has 134 valence electrons.